The highest BCUT2D eigenvalue weighted by molar-refractivity contribution is 5.76. The lowest BCUT2D eigenvalue weighted by Gasteiger charge is -2.01. The summed E-state index contributed by atoms with van der Waals surface area (Å²) in [5.74, 6) is 1.60. The molecular formula is C16H16N2O2. The molecule has 3 rings (SSSR count). The molecule has 1 aromatic heterocycles. The number of oxazole rings is 1. The quantitative estimate of drug-likeness (QED) is 0.738. The van der Waals surface area contributed by atoms with Crippen LogP contribution in [0.4, 0.5) is 5.69 Å². The predicted octanol–water partition coefficient (Wildman–Crippen LogP) is 3.20. The van der Waals surface area contributed by atoms with E-state index < -0.39 is 0 Å². The Balaban J connectivity index is 1.72. The lowest BCUT2D eigenvalue weighted by molar-refractivity contribution is 0.414. The first-order valence-corrected chi connectivity index (χ1v) is 6.52. The molecule has 0 radical (unpaired) electrons. The Morgan fingerprint density at radius 2 is 1.90 bits per heavy atom. The molecule has 0 aliphatic rings. The van der Waals surface area contributed by atoms with Crippen molar-refractivity contribution in [2.45, 2.75) is 12.8 Å². The molecule has 0 fully saturated rings. The zero-order chi connectivity index (χ0) is 13.9. The third-order valence-electron chi connectivity index (χ3n) is 3.24. The fourth-order valence-corrected chi connectivity index (χ4v) is 2.14. The number of aryl methyl sites for hydroxylation is 2. The van der Waals surface area contributed by atoms with Crippen LogP contribution < -0.4 is 10.5 Å². The van der Waals surface area contributed by atoms with E-state index >= 15 is 0 Å². The van der Waals surface area contributed by atoms with Gasteiger partial charge in [0.1, 0.15) is 11.3 Å². The third kappa shape index (κ3) is 2.59. The van der Waals surface area contributed by atoms with Crippen molar-refractivity contribution in [2.24, 2.45) is 0 Å². The van der Waals surface area contributed by atoms with Crippen LogP contribution in [0.3, 0.4) is 0 Å². The molecule has 0 aliphatic heterocycles. The van der Waals surface area contributed by atoms with Gasteiger partial charge >= 0.3 is 0 Å². The highest BCUT2D eigenvalue weighted by atomic mass is 16.5. The zero-order valence-corrected chi connectivity index (χ0v) is 11.3. The van der Waals surface area contributed by atoms with Gasteiger partial charge in [0.15, 0.2) is 11.5 Å². The van der Waals surface area contributed by atoms with E-state index in [1.54, 1.807) is 13.2 Å². The van der Waals surface area contributed by atoms with Crippen molar-refractivity contribution in [3.05, 3.63) is 53.9 Å². The van der Waals surface area contributed by atoms with Crippen LogP contribution in [0.1, 0.15) is 11.5 Å². The smallest absolute Gasteiger partial charge is 0.195 e. The second kappa shape index (κ2) is 5.25. The molecule has 2 aromatic carbocycles. The number of rotatable bonds is 4. The number of benzene rings is 2. The Bertz CT molecular complexity index is 717. The monoisotopic (exact) mass is 268 g/mol. The van der Waals surface area contributed by atoms with E-state index in [1.807, 2.05) is 24.3 Å². The minimum Gasteiger partial charge on any atom is -0.497 e. The molecule has 0 unspecified atom stereocenters. The maximum absolute atomic E-state index is 5.73. The average Bonchev–Trinajstić information content (AvgIpc) is 2.87. The van der Waals surface area contributed by atoms with Crippen LogP contribution in [0.25, 0.3) is 11.1 Å². The molecule has 4 heteroatoms. The number of anilines is 1. The number of ether oxygens (including phenoxy) is 1. The molecular weight excluding hydrogens is 252 g/mol. The van der Waals surface area contributed by atoms with Crippen molar-refractivity contribution >= 4 is 16.8 Å². The minimum absolute atomic E-state index is 0.690. The van der Waals surface area contributed by atoms with Gasteiger partial charge in [0.2, 0.25) is 0 Å². The number of nitrogens with two attached hydrogens (primary N) is 1. The topological polar surface area (TPSA) is 61.3 Å². The number of hydrogen-bond donors (Lipinski definition) is 1. The highest BCUT2D eigenvalue weighted by Gasteiger charge is 2.06. The van der Waals surface area contributed by atoms with Crippen molar-refractivity contribution in [2.75, 3.05) is 12.8 Å². The highest BCUT2D eigenvalue weighted by Crippen LogP contribution is 2.20. The third-order valence-corrected chi connectivity index (χ3v) is 3.24. The van der Waals surface area contributed by atoms with Crippen LogP contribution in [0.15, 0.2) is 46.9 Å². The van der Waals surface area contributed by atoms with Crippen LogP contribution in [-0.2, 0) is 12.8 Å². The Morgan fingerprint density at radius 1 is 1.10 bits per heavy atom. The second-order valence-corrected chi connectivity index (χ2v) is 4.68. The molecule has 3 aromatic rings. The van der Waals surface area contributed by atoms with Crippen LogP contribution in [0, 0.1) is 0 Å². The van der Waals surface area contributed by atoms with Gasteiger partial charge in [-0.1, -0.05) is 12.1 Å². The molecule has 0 atom stereocenters. The van der Waals surface area contributed by atoms with Gasteiger partial charge in [0.05, 0.1) is 7.11 Å². The molecule has 0 saturated carbocycles. The average molecular weight is 268 g/mol. The Labute approximate surface area is 117 Å². The van der Waals surface area contributed by atoms with Gasteiger partial charge in [-0.2, -0.15) is 0 Å². The lowest BCUT2D eigenvalue weighted by Crippen LogP contribution is -1.91. The van der Waals surface area contributed by atoms with Crippen LogP contribution in [-0.4, -0.2) is 12.1 Å². The Hall–Kier alpha value is -2.49. The number of fused-ring (bicyclic) bond motifs is 1. The summed E-state index contributed by atoms with van der Waals surface area (Å²) in [7, 11) is 1.67. The van der Waals surface area contributed by atoms with Gasteiger partial charge in [-0.15, -0.1) is 0 Å². The summed E-state index contributed by atoms with van der Waals surface area (Å²) < 4.78 is 10.8. The van der Waals surface area contributed by atoms with Gasteiger partial charge < -0.3 is 14.9 Å². The van der Waals surface area contributed by atoms with Crippen molar-refractivity contribution < 1.29 is 9.15 Å². The van der Waals surface area contributed by atoms with Crippen molar-refractivity contribution in [1.29, 1.82) is 0 Å². The maximum atomic E-state index is 5.73. The normalized spacial score (nSPS) is 10.8. The molecule has 0 amide bonds. The van der Waals surface area contributed by atoms with Crippen LogP contribution >= 0.6 is 0 Å². The number of nitrogen functional groups attached to an aromatic ring is 1. The molecule has 4 nitrogen and oxygen atoms in total. The molecule has 2 N–H and O–H groups in total. The zero-order valence-electron chi connectivity index (χ0n) is 11.3. The van der Waals surface area contributed by atoms with Crippen molar-refractivity contribution in [3.63, 3.8) is 0 Å². The van der Waals surface area contributed by atoms with E-state index in [2.05, 4.69) is 17.1 Å². The summed E-state index contributed by atoms with van der Waals surface area (Å²) in [6.07, 6.45) is 1.65. The van der Waals surface area contributed by atoms with Gasteiger partial charge in [0, 0.05) is 18.2 Å². The number of nitrogens with zero attached hydrogens (tertiary/aromatic N) is 1. The van der Waals surface area contributed by atoms with Crippen molar-refractivity contribution in [3.8, 4) is 5.75 Å². The largest absolute Gasteiger partial charge is 0.497 e. The number of methoxy groups -OCH3 is 1. The molecule has 0 bridgehead atoms. The van der Waals surface area contributed by atoms with E-state index in [9.17, 15) is 0 Å². The second-order valence-electron chi connectivity index (χ2n) is 4.68. The number of hydrogen-bond acceptors (Lipinski definition) is 4. The molecule has 0 saturated heterocycles. The van der Waals surface area contributed by atoms with Gasteiger partial charge in [-0.25, -0.2) is 4.98 Å². The fraction of sp³-hybridized carbons (Fsp3) is 0.188. The Kier molecular flexibility index (Phi) is 3.29. The minimum atomic E-state index is 0.690. The summed E-state index contributed by atoms with van der Waals surface area (Å²) in [6, 6.07) is 13.5. The fourth-order valence-electron chi connectivity index (χ4n) is 2.14. The first-order chi connectivity index (χ1) is 9.74. The van der Waals surface area contributed by atoms with E-state index in [0.717, 1.165) is 35.6 Å². The van der Waals surface area contributed by atoms with E-state index in [0.29, 0.717) is 5.69 Å². The summed E-state index contributed by atoms with van der Waals surface area (Å²) in [4.78, 5) is 4.46. The van der Waals surface area contributed by atoms with E-state index in [4.69, 9.17) is 14.9 Å². The summed E-state index contributed by atoms with van der Waals surface area (Å²) >= 11 is 0. The molecule has 102 valence electrons. The van der Waals surface area contributed by atoms with Crippen LogP contribution in [0.5, 0.6) is 5.75 Å². The first kappa shape index (κ1) is 12.5. The van der Waals surface area contributed by atoms with E-state index in [1.165, 1.54) is 5.56 Å². The molecule has 20 heavy (non-hydrogen) atoms. The molecule has 0 spiro atoms. The lowest BCUT2D eigenvalue weighted by atomic mass is 10.1. The molecule has 1 heterocycles. The van der Waals surface area contributed by atoms with Gasteiger partial charge in [-0.05, 0) is 36.2 Å². The maximum Gasteiger partial charge on any atom is 0.195 e. The summed E-state index contributed by atoms with van der Waals surface area (Å²) in [6.45, 7) is 0. The summed E-state index contributed by atoms with van der Waals surface area (Å²) in [5, 5.41) is 0. The summed E-state index contributed by atoms with van der Waals surface area (Å²) in [5.41, 5.74) is 9.24. The van der Waals surface area contributed by atoms with Crippen LogP contribution in [0.2, 0.25) is 0 Å². The standard InChI is InChI=1S/C16H16N2O2/c1-19-13-6-2-11(3-7-13)4-9-16-18-14-8-5-12(17)10-15(14)20-16/h2-3,5-8,10H,4,9,17H2,1H3. The molecule has 0 aliphatic carbocycles. The Morgan fingerprint density at radius 3 is 2.65 bits per heavy atom. The first-order valence-electron chi connectivity index (χ1n) is 6.52. The van der Waals surface area contributed by atoms with Gasteiger partial charge in [0.25, 0.3) is 0 Å². The van der Waals surface area contributed by atoms with E-state index in [-0.39, 0.29) is 0 Å². The van der Waals surface area contributed by atoms with Crippen molar-refractivity contribution in [1.82, 2.24) is 4.98 Å². The predicted molar refractivity (Wildman–Crippen MR) is 78.8 cm³/mol. The SMILES string of the molecule is COc1ccc(CCc2nc3ccc(N)cc3o2)cc1. The number of aromatic nitrogens is 1. The van der Waals surface area contributed by atoms with Gasteiger partial charge in [-0.3, -0.25) is 0 Å².